The molecule has 3 rings (SSSR count). The second-order valence-corrected chi connectivity index (χ2v) is 9.45. The molecule has 29 heavy (non-hydrogen) atoms. The van der Waals surface area contributed by atoms with Gasteiger partial charge in [-0.05, 0) is 30.3 Å². The molecule has 2 aromatic carbocycles. The Morgan fingerprint density at radius 2 is 1.72 bits per heavy atom. The maximum Gasteiger partial charge on any atom is 0.501 e. The van der Waals surface area contributed by atoms with Crippen molar-refractivity contribution in [2.75, 3.05) is 0 Å². The zero-order valence-electron chi connectivity index (χ0n) is 13.6. The van der Waals surface area contributed by atoms with Gasteiger partial charge >= 0.3 is 11.4 Å². The molecule has 0 spiro atoms. The normalized spacial score (nSPS) is 21.3. The summed E-state index contributed by atoms with van der Waals surface area (Å²) in [5.74, 6) is -5.40. The molecule has 0 saturated heterocycles. The van der Waals surface area contributed by atoms with Crippen LogP contribution in [0.3, 0.4) is 0 Å². The summed E-state index contributed by atoms with van der Waals surface area (Å²) in [6.07, 6.45) is -6.42. The van der Waals surface area contributed by atoms with E-state index in [0.29, 0.717) is 23.9 Å². The zero-order valence-corrected chi connectivity index (χ0v) is 16.0. The summed E-state index contributed by atoms with van der Waals surface area (Å²) in [6, 6.07) is 4.04. The average molecular weight is 481 g/mol. The van der Waals surface area contributed by atoms with Crippen LogP contribution in [0.25, 0.3) is 0 Å². The second-order valence-electron chi connectivity index (χ2n) is 5.99. The first-order valence-electron chi connectivity index (χ1n) is 7.50. The van der Waals surface area contributed by atoms with Crippen molar-refractivity contribution in [2.45, 2.75) is 38.4 Å². The van der Waals surface area contributed by atoms with Gasteiger partial charge in [-0.1, -0.05) is 23.4 Å². The Labute approximate surface area is 168 Å². The van der Waals surface area contributed by atoms with Gasteiger partial charge in [0.25, 0.3) is 9.84 Å². The predicted molar refractivity (Wildman–Crippen MR) is 89.0 cm³/mol. The fourth-order valence-corrected chi connectivity index (χ4v) is 5.19. The van der Waals surface area contributed by atoms with Gasteiger partial charge in [0, 0.05) is 25.9 Å². The minimum absolute atomic E-state index is 0.0134. The molecule has 0 bridgehead atoms. The van der Waals surface area contributed by atoms with E-state index < -0.39 is 60.3 Å². The summed E-state index contributed by atoms with van der Waals surface area (Å²) >= 11 is 6.14. The van der Waals surface area contributed by atoms with Crippen LogP contribution in [0.4, 0.5) is 30.7 Å². The highest BCUT2D eigenvalue weighted by Gasteiger charge is 2.60. The molecule has 1 aliphatic rings. The van der Waals surface area contributed by atoms with Gasteiger partial charge in [-0.25, -0.2) is 17.2 Å². The Bertz CT molecular complexity index is 1070. The van der Waals surface area contributed by atoms with Gasteiger partial charge in [-0.15, -0.1) is 0 Å². The van der Waals surface area contributed by atoms with Crippen LogP contribution in [0.5, 0.6) is 0 Å². The quantitative estimate of drug-likeness (QED) is 0.580. The summed E-state index contributed by atoms with van der Waals surface area (Å²) in [5, 5.41) is 9.66. The molecular weight excluding hydrogens is 473 g/mol. The number of benzene rings is 2. The lowest BCUT2D eigenvalue weighted by Crippen LogP contribution is -2.27. The van der Waals surface area contributed by atoms with E-state index in [0.717, 1.165) is 12.1 Å². The molecule has 0 aliphatic heterocycles. The van der Waals surface area contributed by atoms with Crippen LogP contribution in [0.2, 0.25) is 5.02 Å². The SMILES string of the molecule is O=S(=O)(c1ccc(Sc2cc(F)cc(Cl)c2)c2c1[C@H](O)C(F)(F)[C@@H]2F)C(F)(F)F. The summed E-state index contributed by atoms with van der Waals surface area (Å²) in [5.41, 5.74) is -8.36. The number of alkyl halides is 6. The van der Waals surface area contributed by atoms with Crippen LogP contribution in [0.15, 0.2) is 45.0 Å². The molecule has 0 saturated carbocycles. The molecule has 0 amide bonds. The van der Waals surface area contributed by atoms with Gasteiger partial charge in [0.1, 0.15) is 11.9 Å². The molecule has 0 fully saturated rings. The molecule has 1 N–H and O–H groups in total. The molecular formula is C16H8ClF7O3S2. The standard InChI is InChI=1S/C16H8ClF7O3S2/c17-6-3-7(18)5-8(4-6)28-9-1-2-10(29(26,27)16(22,23)24)12-11(9)13(19)15(20,21)14(12)25/h1-5,13-14,25H/t13-,14+/m1/s1. The Morgan fingerprint density at radius 3 is 2.28 bits per heavy atom. The van der Waals surface area contributed by atoms with Crippen molar-refractivity contribution < 1.29 is 44.3 Å². The van der Waals surface area contributed by atoms with E-state index in [9.17, 15) is 44.3 Å². The van der Waals surface area contributed by atoms with Crippen LogP contribution in [0.1, 0.15) is 23.4 Å². The van der Waals surface area contributed by atoms with Crippen molar-refractivity contribution in [1.29, 1.82) is 0 Å². The topological polar surface area (TPSA) is 54.4 Å². The third-order valence-corrected chi connectivity index (χ3v) is 6.90. The van der Waals surface area contributed by atoms with Crippen molar-refractivity contribution in [1.82, 2.24) is 0 Å². The number of sulfone groups is 1. The first-order valence-corrected chi connectivity index (χ1v) is 10.2. The summed E-state index contributed by atoms with van der Waals surface area (Å²) in [7, 11) is -6.16. The lowest BCUT2D eigenvalue weighted by molar-refractivity contribution is -0.144. The van der Waals surface area contributed by atoms with E-state index in [1.54, 1.807) is 0 Å². The summed E-state index contributed by atoms with van der Waals surface area (Å²) < 4.78 is 118. The van der Waals surface area contributed by atoms with Gasteiger partial charge in [-0.2, -0.15) is 22.0 Å². The smallest absolute Gasteiger partial charge is 0.382 e. The van der Waals surface area contributed by atoms with Gasteiger partial charge in [-0.3, -0.25) is 0 Å². The first kappa shape index (κ1) is 22.2. The average Bonchev–Trinajstić information content (AvgIpc) is 2.74. The van der Waals surface area contributed by atoms with E-state index in [4.69, 9.17) is 11.6 Å². The minimum Gasteiger partial charge on any atom is -0.382 e. The van der Waals surface area contributed by atoms with E-state index in [-0.39, 0.29) is 9.92 Å². The third-order valence-electron chi connectivity index (χ3n) is 4.09. The lowest BCUT2D eigenvalue weighted by Gasteiger charge is -2.17. The molecule has 2 atom stereocenters. The highest BCUT2D eigenvalue weighted by atomic mass is 35.5. The molecule has 0 radical (unpaired) electrons. The molecule has 0 heterocycles. The Morgan fingerprint density at radius 1 is 1.10 bits per heavy atom. The van der Waals surface area contributed by atoms with Crippen LogP contribution in [-0.2, 0) is 9.84 Å². The number of rotatable bonds is 3. The van der Waals surface area contributed by atoms with Crippen LogP contribution in [-0.4, -0.2) is 25.0 Å². The van der Waals surface area contributed by atoms with Gasteiger partial charge < -0.3 is 5.11 Å². The summed E-state index contributed by atoms with van der Waals surface area (Å²) in [4.78, 5) is -2.11. The largest absolute Gasteiger partial charge is 0.501 e. The van der Waals surface area contributed by atoms with Crippen molar-refractivity contribution in [3.05, 3.63) is 52.3 Å². The maximum absolute atomic E-state index is 14.4. The van der Waals surface area contributed by atoms with E-state index >= 15 is 0 Å². The highest BCUT2D eigenvalue weighted by molar-refractivity contribution is 7.99. The first-order chi connectivity index (χ1) is 13.2. The molecule has 3 nitrogen and oxygen atoms in total. The number of aliphatic hydroxyl groups excluding tert-OH is 1. The predicted octanol–water partition coefficient (Wildman–Crippen LogP) is 5.62. The fourth-order valence-electron chi connectivity index (χ4n) is 2.83. The van der Waals surface area contributed by atoms with Crippen molar-refractivity contribution in [3.63, 3.8) is 0 Å². The number of hydrogen-bond donors (Lipinski definition) is 1. The summed E-state index contributed by atoms with van der Waals surface area (Å²) in [6.45, 7) is 0. The van der Waals surface area contributed by atoms with E-state index in [1.807, 2.05) is 0 Å². The molecule has 158 valence electrons. The number of aliphatic hydroxyl groups is 1. The van der Waals surface area contributed by atoms with E-state index in [2.05, 4.69) is 0 Å². The minimum atomic E-state index is -6.16. The van der Waals surface area contributed by atoms with E-state index in [1.165, 1.54) is 6.07 Å². The number of hydrogen-bond acceptors (Lipinski definition) is 4. The zero-order chi connectivity index (χ0) is 21.9. The lowest BCUT2D eigenvalue weighted by atomic mass is 10.1. The Balaban J connectivity index is 2.25. The number of fused-ring (bicyclic) bond motifs is 1. The fraction of sp³-hybridized carbons (Fsp3) is 0.250. The van der Waals surface area contributed by atoms with Crippen LogP contribution >= 0.6 is 23.4 Å². The molecule has 0 unspecified atom stereocenters. The van der Waals surface area contributed by atoms with Crippen LogP contribution in [0, 0.1) is 5.82 Å². The monoisotopic (exact) mass is 480 g/mol. The molecule has 1 aliphatic carbocycles. The number of halogens is 8. The van der Waals surface area contributed by atoms with Gasteiger partial charge in [0.15, 0.2) is 6.17 Å². The molecule has 13 heteroatoms. The maximum atomic E-state index is 14.4. The second kappa shape index (κ2) is 7.03. The Kier molecular flexibility index (Phi) is 5.38. The molecule has 2 aromatic rings. The Hall–Kier alpha value is -1.50. The highest BCUT2D eigenvalue weighted by Crippen LogP contribution is 2.57. The van der Waals surface area contributed by atoms with Crippen molar-refractivity contribution in [2.24, 2.45) is 0 Å². The van der Waals surface area contributed by atoms with Gasteiger partial charge in [0.05, 0.1) is 4.90 Å². The van der Waals surface area contributed by atoms with Gasteiger partial charge in [0.2, 0.25) is 0 Å². The van der Waals surface area contributed by atoms with Crippen molar-refractivity contribution in [3.8, 4) is 0 Å². The van der Waals surface area contributed by atoms with Crippen LogP contribution < -0.4 is 0 Å². The molecule has 0 aromatic heterocycles. The van der Waals surface area contributed by atoms with Crippen molar-refractivity contribution >= 4 is 33.2 Å². The third kappa shape index (κ3) is 3.60.